The third-order valence-corrected chi connectivity index (χ3v) is 4.41. The lowest BCUT2D eigenvalue weighted by Crippen LogP contribution is -2.39. The van der Waals surface area contributed by atoms with E-state index in [9.17, 15) is 14.7 Å². The fraction of sp³-hybridized carbons (Fsp3) is 0.556. The van der Waals surface area contributed by atoms with Crippen LogP contribution in [0.4, 0.5) is 0 Å². The number of aliphatic carboxylic acids is 1. The van der Waals surface area contributed by atoms with Crippen molar-refractivity contribution in [2.45, 2.75) is 39.2 Å². The molecule has 0 aromatic heterocycles. The van der Waals surface area contributed by atoms with Crippen molar-refractivity contribution in [1.82, 2.24) is 5.32 Å². The number of benzene rings is 1. The lowest BCUT2D eigenvalue weighted by atomic mass is 9.78. The largest absolute Gasteiger partial charge is 0.493 e. The number of rotatable bonds is 7. The molecule has 1 amide bonds. The SMILES string of the molecule is CCOc1cc(CNC(=O)[C@H]2CCCC[C@@H]2C(=O)O)ccc1OC. The summed E-state index contributed by atoms with van der Waals surface area (Å²) in [5.74, 6) is -0.804. The maximum absolute atomic E-state index is 12.4. The number of carboxylic acids is 1. The first-order valence-electron chi connectivity index (χ1n) is 8.37. The van der Waals surface area contributed by atoms with Crippen LogP contribution in [0.5, 0.6) is 11.5 Å². The summed E-state index contributed by atoms with van der Waals surface area (Å²) in [5.41, 5.74) is 0.885. The van der Waals surface area contributed by atoms with E-state index in [1.54, 1.807) is 13.2 Å². The summed E-state index contributed by atoms with van der Waals surface area (Å²) in [5, 5.41) is 12.1. The normalized spacial score (nSPS) is 20.2. The van der Waals surface area contributed by atoms with Gasteiger partial charge in [-0.1, -0.05) is 18.9 Å². The topological polar surface area (TPSA) is 84.9 Å². The number of carbonyl (C=O) groups is 2. The molecule has 0 aliphatic heterocycles. The summed E-state index contributed by atoms with van der Waals surface area (Å²) in [4.78, 5) is 23.7. The Hall–Kier alpha value is -2.24. The molecule has 1 aromatic carbocycles. The first kappa shape index (κ1) is 18.1. The van der Waals surface area contributed by atoms with E-state index in [4.69, 9.17) is 9.47 Å². The Morgan fingerprint density at radius 1 is 1.21 bits per heavy atom. The Bertz CT molecular complexity index is 587. The summed E-state index contributed by atoms with van der Waals surface area (Å²) in [6.07, 6.45) is 2.98. The van der Waals surface area contributed by atoms with Crippen LogP contribution in [-0.2, 0) is 16.1 Å². The lowest BCUT2D eigenvalue weighted by molar-refractivity contribution is -0.148. The molecule has 2 N–H and O–H groups in total. The molecule has 2 rings (SSSR count). The number of ether oxygens (including phenoxy) is 2. The fourth-order valence-corrected chi connectivity index (χ4v) is 3.16. The number of amides is 1. The Morgan fingerprint density at radius 2 is 1.92 bits per heavy atom. The van der Waals surface area contributed by atoms with Crippen molar-refractivity contribution >= 4 is 11.9 Å². The van der Waals surface area contributed by atoms with Gasteiger partial charge in [-0.05, 0) is 37.5 Å². The monoisotopic (exact) mass is 335 g/mol. The maximum Gasteiger partial charge on any atom is 0.307 e. The minimum absolute atomic E-state index is 0.184. The van der Waals surface area contributed by atoms with Gasteiger partial charge in [0.25, 0.3) is 0 Å². The van der Waals surface area contributed by atoms with Crippen molar-refractivity contribution in [2.24, 2.45) is 11.8 Å². The highest BCUT2D eigenvalue weighted by Gasteiger charge is 2.35. The van der Waals surface area contributed by atoms with E-state index in [0.717, 1.165) is 18.4 Å². The highest BCUT2D eigenvalue weighted by atomic mass is 16.5. The highest BCUT2D eigenvalue weighted by Crippen LogP contribution is 2.31. The summed E-state index contributed by atoms with van der Waals surface area (Å²) < 4.78 is 10.8. The standard InChI is InChI=1S/C18H25NO5/c1-3-24-16-10-12(8-9-15(16)23-2)11-19-17(20)13-6-4-5-7-14(13)18(21)22/h8-10,13-14H,3-7,11H2,1-2H3,(H,19,20)(H,21,22)/t13-,14-/m0/s1. The molecule has 1 aromatic rings. The predicted octanol–water partition coefficient (Wildman–Crippen LogP) is 2.60. The molecule has 0 spiro atoms. The number of carbonyl (C=O) groups excluding carboxylic acids is 1. The first-order valence-corrected chi connectivity index (χ1v) is 8.37. The molecule has 0 heterocycles. The van der Waals surface area contributed by atoms with Crippen LogP contribution in [0.3, 0.4) is 0 Å². The molecule has 0 radical (unpaired) electrons. The van der Waals surface area contributed by atoms with Crippen molar-refractivity contribution < 1.29 is 24.2 Å². The van der Waals surface area contributed by atoms with Gasteiger partial charge in [0.1, 0.15) is 0 Å². The van der Waals surface area contributed by atoms with Crippen LogP contribution in [0.2, 0.25) is 0 Å². The average Bonchev–Trinajstić information content (AvgIpc) is 2.60. The molecule has 1 fully saturated rings. The molecule has 0 saturated heterocycles. The Labute approximate surface area is 142 Å². The van der Waals surface area contributed by atoms with Crippen molar-refractivity contribution in [3.63, 3.8) is 0 Å². The molecule has 6 nitrogen and oxygen atoms in total. The molecule has 1 aliphatic carbocycles. The van der Waals surface area contributed by atoms with E-state index in [1.807, 2.05) is 19.1 Å². The second-order valence-electron chi connectivity index (χ2n) is 5.97. The summed E-state index contributed by atoms with van der Waals surface area (Å²) >= 11 is 0. The average molecular weight is 335 g/mol. The maximum atomic E-state index is 12.4. The Morgan fingerprint density at radius 3 is 2.54 bits per heavy atom. The van der Waals surface area contributed by atoms with Crippen molar-refractivity contribution in [3.05, 3.63) is 23.8 Å². The van der Waals surface area contributed by atoms with E-state index in [-0.39, 0.29) is 5.91 Å². The van der Waals surface area contributed by atoms with Gasteiger partial charge in [-0.2, -0.15) is 0 Å². The third kappa shape index (κ3) is 4.40. The highest BCUT2D eigenvalue weighted by molar-refractivity contribution is 5.84. The minimum atomic E-state index is -0.877. The van der Waals surface area contributed by atoms with Crippen LogP contribution < -0.4 is 14.8 Å². The molecule has 0 unspecified atom stereocenters. The number of nitrogens with one attached hydrogen (secondary N) is 1. The van der Waals surface area contributed by atoms with E-state index in [2.05, 4.69) is 5.32 Å². The Kier molecular flexibility index (Phi) is 6.46. The van der Waals surface area contributed by atoms with Crippen LogP contribution in [-0.4, -0.2) is 30.7 Å². The summed E-state index contributed by atoms with van der Waals surface area (Å²) in [7, 11) is 1.58. The van der Waals surface area contributed by atoms with Crippen LogP contribution in [0.1, 0.15) is 38.2 Å². The van der Waals surface area contributed by atoms with Gasteiger partial charge in [-0.3, -0.25) is 9.59 Å². The second kappa shape index (κ2) is 8.57. The van der Waals surface area contributed by atoms with Gasteiger partial charge in [-0.15, -0.1) is 0 Å². The molecule has 1 saturated carbocycles. The number of carboxylic acid groups (broad SMARTS) is 1. The minimum Gasteiger partial charge on any atom is -0.493 e. The van der Waals surface area contributed by atoms with E-state index in [0.29, 0.717) is 37.5 Å². The van der Waals surface area contributed by atoms with E-state index >= 15 is 0 Å². The van der Waals surface area contributed by atoms with Gasteiger partial charge < -0.3 is 19.9 Å². The van der Waals surface area contributed by atoms with E-state index < -0.39 is 17.8 Å². The first-order chi connectivity index (χ1) is 11.6. The van der Waals surface area contributed by atoms with Gasteiger partial charge in [0.15, 0.2) is 11.5 Å². The Balaban J connectivity index is 2.00. The molecule has 2 atom stereocenters. The number of methoxy groups -OCH3 is 1. The summed E-state index contributed by atoms with van der Waals surface area (Å²) in [6.45, 7) is 2.75. The van der Waals surface area contributed by atoms with Crippen LogP contribution in [0.15, 0.2) is 18.2 Å². The van der Waals surface area contributed by atoms with Crippen molar-refractivity contribution in [2.75, 3.05) is 13.7 Å². The molecular formula is C18H25NO5. The molecule has 24 heavy (non-hydrogen) atoms. The van der Waals surface area contributed by atoms with Crippen LogP contribution in [0.25, 0.3) is 0 Å². The fourth-order valence-electron chi connectivity index (χ4n) is 3.16. The molecular weight excluding hydrogens is 310 g/mol. The van der Waals surface area contributed by atoms with Crippen molar-refractivity contribution in [3.8, 4) is 11.5 Å². The number of hydrogen-bond acceptors (Lipinski definition) is 4. The third-order valence-electron chi connectivity index (χ3n) is 4.41. The molecule has 132 valence electrons. The van der Waals surface area contributed by atoms with Gasteiger partial charge in [0, 0.05) is 6.54 Å². The summed E-state index contributed by atoms with van der Waals surface area (Å²) in [6, 6.07) is 5.49. The zero-order valence-corrected chi connectivity index (χ0v) is 14.2. The smallest absolute Gasteiger partial charge is 0.307 e. The van der Waals surface area contributed by atoms with E-state index in [1.165, 1.54) is 0 Å². The quantitative estimate of drug-likeness (QED) is 0.800. The zero-order chi connectivity index (χ0) is 17.5. The molecule has 6 heteroatoms. The van der Waals surface area contributed by atoms with Crippen LogP contribution in [0, 0.1) is 11.8 Å². The van der Waals surface area contributed by atoms with Gasteiger partial charge in [0.05, 0.1) is 25.6 Å². The second-order valence-corrected chi connectivity index (χ2v) is 5.97. The lowest BCUT2D eigenvalue weighted by Gasteiger charge is -2.27. The van der Waals surface area contributed by atoms with Crippen molar-refractivity contribution in [1.29, 1.82) is 0 Å². The van der Waals surface area contributed by atoms with Gasteiger partial charge in [0.2, 0.25) is 5.91 Å². The zero-order valence-electron chi connectivity index (χ0n) is 14.2. The van der Waals surface area contributed by atoms with Crippen LogP contribution >= 0.6 is 0 Å². The van der Waals surface area contributed by atoms with Gasteiger partial charge >= 0.3 is 5.97 Å². The molecule has 0 bridgehead atoms. The number of hydrogen-bond donors (Lipinski definition) is 2. The van der Waals surface area contributed by atoms with Gasteiger partial charge in [-0.25, -0.2) is 0 Å². The molecule has 1 aliphatic rings. The predicted molar refractivity (Wildman–Crippen MR) is 89.1 cm³/mol.